The molecule has 2 heterocycles. The summed E-state index contributed by atoms with van der Waals surface area (Å²) in [5.74, 6) is 1.69. The van der Waals surface area contributed by atoms with Gasteiger partial charge in [-0.2, -0.15) is 0 Å². The second-order valence-electron chi connectivity index (χ2n) is 8.17. The number of aryl methyl sites for hydroxylation is 1. The minimum Gasteiger partial charge on any atom is -0.497 e. The van der Waals surface area contributed by atoms with Gasteiger partial charge in [0.25, 0.3) is 0 Å². The molecule has 5 nitrogen and oxygen atoms in total. The number of carbonyl (C=O) groups excluding carboxylic acids is 1. The minimum absolute atomic E-state index is 0.163. The number of allylic oxidation sites excluding steroid dienone is 1. The number of Topliss-reactive ketones (excluding diaryl/α,β-unsaturated/α-hetero) is 1. The van der Waals surface area contributed by atoms with Crippen LogP contribution in [0.4, 0.5) is 4.39 Å². The maximum Gasteiger partial charge on any atom is 0.231 e. The second kappa shape index (κ2) is 8.71. The van der Waals surface area contributed by atoms with E-state index in [1.165, 1.54) is 12.1 Å². The van der Waals surface area contributed by atoms with Crippen LogP contribution in [0.2, 0.25) is 0 Å². The number of nitrogens with zero attached hydrogens (tertiary/aromatic N) is 1. The Bertz CT molecular complexity index is 1430. The Morgan fingerprint density at radius 1 is 1.09 bits per heavy atom. The number of rotatable bonds is 6. The van der Waals surface area contributed by atoms with Crippen molar-refractivity contribution < 1.29 is 23.4 Å². The molecule has 172 valence electrons. The average molecular weight is 458 g/mol. The summed E-state index contributed by atoms with van der Waals surface area (Å²) in [6.07, 6.45) is 3.80. The summed E-state index contributed by atoms with van der Waals surface area (Å²) < 4.78 is 32.6. The molecule has 0 unspecified atom stereocenters. The van der Waals surface area contributed by atoms with E-state index >= 15 is 0 Å². The zero-order valence-electron chi connectivity index (χ0n) is 19.2. The van der Waals surface area contributed by atoms with Crippen molar-refractivity contribution in [3.8, 4) is 17.2 Å². The number of halogens is 1. The number of ether oxygens (including phenoxy) is 3. The van der Waals surface area contributed by atoms with Gasteiger partial charge in [0.15, 0.2) is 5.76 Å². The molecule has 0 bridgehead atoms. The normalized spacial score (nSPS) is 13.9. The van der Waals surface area contributed by atoms with Crippen molar-refractivity contribution in [1.29, 1.82) is 0 Å². The molecule has 0 N–H and O–H groups in total. The molecule has 0 aliphatic carbocycles. The third-order valence-electron chi connectivity index (χ3n) is 6.09. The molecule has 0 spiro atoms. The van der Waals surface area contributed by atoms with Crippen molar-refractivity contribution in [2.24, 2.45) is 0 Å². The van der Waals surface area contributed by atoms with E-state index < -0.39 is 0 Å². The molecule has 6 heteroatoms. The van der Waals surface area contributed by atoms with Crippen molar-refractivity contribution in [2.75, 3.05) is 7.11 Å². The van der Waals surface area contributed by atoms with Crippen molar-refractivity contribution >= 4 is 22.8 Å². The van der Waals surface area contributed by atoms with Crippen LogP contribution in [0.1, 0.15) is 34.0 Å². The molecule has 0 saturated heterocycles. The molecule has 4 aromatic rings. The number of hydrogen-bond acceptors (Lipinski definition) is 4. The summed E-state index contributed by atoms with van der Waals surface area (Å²) in [5.41, 5.74) is 4.05. The first-order valence-corrected chi connectivity index (χ1v) is 11.1. The van der Waals surface area contributed by atoms with Crippen LogP contribution in [-0.4, -0.2) is 17.5 Å². The molecule has 1 aliphatic heterocycles. The number of aromatic nitrogens is 1. The van der Waals surface area contributed by atoms with Gasteiger partial charge in [0.05, 0.1) is 12.7 Å². The zero-order valence-corrected chi connectivity index (χ0v) is 19.2. The molecular formula is C28H24FNO4. The Morgan fingerprint density at radius 2 is 1.88 bits per heavy atom. The molecule has 1 aliphatic rings. The highest BCUT2D eigenvalue weighted by molar-refractivity contribution is 6.15. The first-order chi connectivity index (χ1) is 16.5. The third-order valence-corrected chi connectivity index (χ3v) is 6.09. The summed E-state index contributed by atoms with van der Waals surface area (Å²) in [6, 6.07) is 15.6. The van der Waals surface area contributed by atoms with Gasteiger partial charge in [-0.3, -0.25) is 4.79 Å². The van der Waals surface area contributed by atoms with Crippen molar-refractivity contribution in [2.45, 2.75) is 27.0 Å². The number of fused-ring (bicyclic) bond motifs is 2. The summed E-state index contributed by atoms with van der Waals surface area (Å²) in [6.45, 7) is 5.02. The molecule has 5 rings (SSSR count). The minimum atomic E-state index is -0.288. The highest BCUT2D eigenvalue weighted by atomic mass is 19.1. The van der Waals surface area contributed by atoms with Crippen LogP contribution in [0.15, 0.2) is 66.6 Å². The first-order valence-electron chi connectivity index (χ1n) is 11.1. The summed E-state index contributed by atoms with van der Waals surface area (Å²) in [4.78, 5) is 13.1. The van der Waals surface area contributed by atoms with Crippen LogP contribution in [0.3, 0.4) is 0 Å². The Kier molecular flexibility index (Phi) is 5.57. The first kappa shape index (κ1) is 21.8. The van der Waals surface area contributed by atoms with E-state index in [1.807, 2.05) is 31.3 Å². The largest absolute Gasteiger partial charge is 0.497 e. The Hall–Kier alpha value is -4.06. The van der Waals surface area contributed by atoms with Gasteiger partial charge >= 0.3 is 0 Å². The standard InChI is InChI=1S/C28H24FNO4/c1-4-30-15-19(23-14-21(32-3)9-11-24(23)30)13-26-27(31)22-10-12-25(17(2)28(22)34-26)33-16-18-5-7-20(29)8-6-18/h5-15H,4,16H2,1-3H3. The second-order valence-corrected chi connectivity index (χ2v) is 8.17. The maximum absolute atomic E-state index is 13.1. The monoisotopic (exact) mass is 457 g/mol. The van der Waals surface area contributed by atoms with Crippen LogP contribution >= 0.6 is 0 Å². The number of benzene rings is 3. The molecule has 0 radical (unpaired) electrons. The molecule has 1 aromatic heterocycles. The summed E-state index contributed by atoms with van der Waals surface area (Å²) in [7, 11) is 1.63. The third kappa shape index (κ3) is 3.81. The Labute approximate surface area is 197 Å². The highest BCUT2D eigenvalue weighted by Gasteiger charge is 2.30. The van der Waals surface area contributed by atoms with E-state index in [0.717, 1.165) is 39.9 Å². The quantitative estimate of drug-likeness (QED) is 0.318. The van der Waals surface area contributed by atoms with Gasteiger partial charge in [0, 0.05) is 34.8 Å². The number of carbonyl (C=O) groups is 1. The molecule has 0 fully saturated rings. The van der Waals surface area contributed by atoms with E-state index in [0.29, 0.717) is 17.1 Å². The van der Waals surface area contributed by atoms with Crippen LogP contribution in [0.25, 0.3) is 17.0 Å². The lowest BCUT2D eigenvalue weighted by Crippen LogP contribution is -1.98. The Morgan fingerprint density at radius 3 is 2.62 bits per heavy atom. The molecule has 0 amide bonds. The summed E-state index contributed by atoms with van der Waals surface area (Å²) >= 11 is 0. The van der Waals surface area contributed by atoms with E-state index in [9.17, 15) is 9.18 Å². The lowest BCUT2D eigenvalue weighted by molar-refractivity contribution is 0.101. The van der Waals surface area contributed by atoms with Gasteiger partial charge < -0.3 is 18.8 Å². The number of ketones is 1. The van der Waals surface area contributed by atoms with Crippen LogP contribution < -0.4 is 14.2 Å². The predicted molar refractivity (Wildman–Crippen MR) is 129 cm³/mol. The smallest absolute Gasteiger partial charge is 0.231 e. The lowest BCUT2D eigenvalue weighted by Gasteiger charge is -2.11. The van der Waals surface area contributed by atoms with Crippen molar-refractivity contribution in [1.82, 2.24) is 4.57 Å². The maximum atomic E-state index is 13.1. The zero-order chi connectivity index (χ0) is 23.8. The van der Waals surface area contributed by atoms with E-state index in [1.54, 1.807) is 37.5 Å². The lowest BCUT2D eigenvalue weighted by atomic mass is 10.1. The molecule has 34 heavy (non-hydrogen) atoms. The fourth-order valence-electron chi connectivity index (χ4n) is 4.21. The van der Waals surface area contributed by atoms with Crippen molar-refractivity contribution in [3.05, 3.63) is 94.6 Å². The topological polar surface area (TPSA) is 49.7 Å². The van der Waals surface area contributed by atoms with Crippen molar-refractivity contribution in [3.63, 3.8) is 0 Å². The van der Waals surface area contributed by atoms with Gasteiger partial charge in [-0.05, 0) is 68.0 Å². The van der Waals surface area contributed by atoms with Gasteiger partial charge in [0.2, 0.25) is 5.78 Å². The van der Waals surface area contributed by atoms with E-state index in [-0.39, 0.29) is 24.0 Å². The average Bonchev–Trinajstić information content (AvgIpc) is 3.37. The van der Waals surface area contributed by atoms with Gasteiger partial charge in [-0.15, -0.1) is 0 Å². The van der Waals surface area contributed by atoms with E-state index in [2.05, 4.69) is 11.5 Å². The van der Waals surface area contributed by atoms with Gasteiger partial charge in [-0.1, -0.05) is 12.1 Å². The Balaban J connectivity index is 1.45. The van der Waals surface area contributed by atoms with Gasteiger partial charge in [0.1, 0.15) is 29.7 Å². The number of hydrogen-bond donors (Lipinski definition) is 0. The fourth-order valence-corrected chi connectivity index (χ4v) is 4.21. The number of methoxy groups -OCH3 is 1. The SMILES string of the molecule is CCn1cc(C=C2Oc3c(ccc(OCc4ccc(F)cc4)c3C)C2=O)c2cc(OC)ccc21. The molecule has 0 atom stereocenters. The molecule has 3 aromatic carbocycles. The van der Waals surface area contributed by atoms with Gasteiger partial charge in [-0.25, -0.2) is 4.39 Å². The van der Waals surface area contributed by atoms with E-state index in [4.69, 9.17) is 14.2 Å². The predicted octanol–water partition coefficient (Wildman–Crippen LogP) is 6.31. The molecular weight excluding hydrogens is 433 g/mol. The summed E-state index contributed by atoms with van der Waals surface area (Å²) in [5, 5.41) is 0.987. The van der Waals surface area contributed by atoms with Crippen LogP contribution in [0, 0.1) is 12.7 Å². The molecule has 0 saturated carbocycles. The van der Waals surface area contributed by atoms with Crippen LogP contribution in [0.5, 0.6) is 17.2 Å². The van der Waals surface area contributed by atoms with Crippen LogP contribution in [-0.2, 0) is 13.2 Å². The fraction of sp³-hybridized carbons (Fsp3) is 0.179. The highest BCUT2D eigenvalue weighted by Crippen LogP contribution is 2.40.